The number of halogens is 2. The first-order chi connectivity index (χ1) is 12.3. The highest BCUT2D eigenvalue weighted by atomic mass is 79.9. The third kappa shape index (κ3) is 4.75. The van der Waals surface area contributed by atoms with Gasteiger partial charge in [-0.3, -0.25) is 0 Å². The van der Waals surface area contributed by atoms with Crippen LogP contribution >= 0.6 is 31.9 Å². The SMILES string of the molecule is CC(C)(C)c1ccc(C(=Cc2ccc(Br)cc2)c2ccc(Br)cc2)cc1. The van der Waals surface area contributed by atoms with Crippen LogP contribution in [0.25, 0.3) is 11.6 Å². The molecule has 0 spiro atoms. The van der Waals surface area contributed by atoms with Crippen LogP contribution in [0.5, 0.6) is 0 Å². The first-order valence-corrected chi connectivity index (χ1v) is 10.3. The van der Waals surface area contributed by atoms with E-state index in [1.54, 1.807) is 0 Å². The quantitative estimate of drug-likeness (QED) is 0.340. The lowest BCUT2D eigenvalue weighted by atomic mass is 9.85. The van der Waals surface area contributed by atoms with E-state index in [2.05, 4.69) is 132 Å². The minimum Gasteiger partial charge on any atom is -0.0579 e. The summed E-state index contributed by atoms with van der Waals surface area (Å²) in [6.45, 7) is 6.74. The molecule has 0 radical (unpaired) electrons. The molecule has 2 heteroatoms. The molecule has 3 aromatic rings. The molecule has 3 rings (SSSR count). The third-order valence-electron chi connectivity index (χ3n) is 4.40. The Morgan fingerprint density at radius 1 is 0.654 bits per heavy atom. The Balaban J connectivity index is 2.08. The smallest absolute Gasteiger partial charge is 0.0175 e. The number of hydrogen-bond donors (Lipinski definition) is 0. The number of hydrogen-bond acceptors (Lipinski definition) is 0. The molecule has 0 atom stereocenters. The lowest BCUT2D eigenvalue weighted by Gasteiger charge is -2.19. The Bertz CT molecular complexity index is 894. The van der Waals surface area contributed by atoms with Gasteiger partial charge in [0.25, 0.3) is 0 Å². The second-order valence-electron chi connectivity index (χ2n) is 7.44. The maximum atomic E-state index is 3.53. The summed E-state index contributed by atoms with van der Waals surface area (Å²) in [4.78, 5) is 0. The molecule has 0 bridgehead atoms. The van der Waals surface area contributed by atoms with Crippen molar-refractivity contribution in [3.8, 4) is 0 Å². The molecule has 0 heterocycles. The number of rotatable bonds is 3. The van der Waals surface area contributed by atoms with Gasteiger partial charge in [0.2, 0.25) is 0 Å². The minimum atomic E-state index is 0.158. The summed E-state index contributed by atoms with van der Waals surface area (Å²) in [5.41, 5.74) is 6.35. The van der Waals surface area contributed by atoms with Crippen molar-refractivity contribution in [1.29, 1.82) is 0 Å². The van der Waals surface area contributed by atoms with Gasteiger partial charge in [0, 0.05) is 8.95 Å². The summed E-state index contributed by atoms with van der Waals surface area (Å²) >= 11 is 7.04. The maximum absolute atomic E-state index is 3.53. The van der Waals surface area contributed by atoms with Crippen LogP contribution < -0.4 is 0 Å². The van der Waals surface area contributed by atoms with Crippen molar-refractivity contribution in [3.05, 3.63) is 104 Å². The Labute approximate surface area is 173 Å². The van der Waals surface area contributed by atoms with Crippen molar-refractivity contribution in [2.45, 2.75) is 26.2 Å². The first-order valence-electron chi connectivity index (χ1n) is 8.67. The summed E-state index contributed by atoms with van der Waals surface area (Å²) < 4.78 is 2.18. The molecular weight excluding hydrogens is 448 g/mol. The van der Waals surface area contributed by atoms with Crippen molar-refractivity contribution in [1.82, 2.24) is 0 Å². The minimum absolute atomic E-state index is 0.158. The van der Waals surface area contributed by atoms with Crippen molar-refractivity contribution in [2.75, 3.05) is 0 Å². The molecular formula is C24H22Br2. The molecule has 0 unspecified atom stereocenters. The van der Waals surface area contributed by atoms with Crippen molar-refractivity contribution in [3.63, 3.8) is 0 Å². The Morgan fingerprint density at radius 2 is 1.08 bits per heavy atom. The van der Waals surface area contributed by atoms with Crippen LogP contribution in [0.1, 0.15) is 43.0 Å². The summed E-state index contributed by atoms with van der Waals surface area (Å²) in [6, 6.07) is 25.9. The molecule has 132 valence electrons. The maximum Gasteiger partial charge on any atom is 0.0175 e. The largest absolute Gasteiger partial charge is 0.0579 e. The highest BCUT2D eigenvalue weighted by Gasteiger charge is 2.14. The van der Waals surface area contributed by atoms with Crippen molar-refractivity contribution in [2.24, 2.45) is 0 Å². The second-order valence-corrected chi connectivity index (χ2v) is 9.28. The van der Waals surface area contributed by atoms with E-state index in [-0.39, 0.29) is 5.41 Å². The van der Waals surface area contributed by atoms with Crippen molar-refractivity contribution < 1.29 is 0 Å². The lowest BCUT2D eigenvalue weighted by Crippen LogP contribution is -2.10. The van der Waals surface area contributed by atoms with E-state index in [0.29, 0.717) is 0 Å². The van der Waals surface area contributed by atoms with Gasteiger partial charge in [-0.15, -0.1) is 0 Å². The second kappa shape index (κ2) is 7.94. The van der Waals surface area contributed by atoms with E-state index in [0.717, 1.165) is 8.95 Å². The fourth-order valence-corrected chi connectivity index (χ4v) is 3.37. The monoisotopic (exact) mass is 468 g/mol. The standard InChI is InChI=1S/C24H22Br2/c1-24(2,3)20-10-6-18(7-11-20)23(19-8-14-22(26)15-9-19)16-17-4-12-21(25)13-5-17/h4-16H,1-3H3. The van der Waals surface area contributed by atoms with Gasteiger partial charge in [0.1, 0.15) is 0 Å². The van der Waals surface area contributed by atoms with E-state index in [1.807, 2.05) is 0 Å². The third-order valence-corrected chi connectivity index (χ3v) is 5.46. The van der Waals surface area contributed by atoms with Crippen LogP contribution in [0.2, 0.25) is 0 Å². The Hall–Kier alpha value is -1.64. The molecule has 0 amide bonds. The molecule has 0 aliphatic heterocycles. The van der Waals surface area contributed by atoms with Crippen LogP contribution in [0.15, 0.2) is 81.7 Å². The van der Waals surface area contributed by atoms with Gasteiger partial charge in [-0.1, -0.05) is 101 Å². The normalized spacial score (nSPS) is 12.3. The zero-order valence-corrected chi connectivity index (χ0v) is 18.4. The Kier molecular flexibility index (Phi) is 5.84. The summed E-state index contributed by atoms with van der Waals surface area (Å²) in [6.07, 6.45) is 2.25. The van der Waals surface area contributed by atoms with Gasteiger partial charge in [-0.05, 0) is 63.6 Å². The zero-order chi connectivity index (χ0) is 18.7. The molecule has 0 nitrogen and oxygen atoms in total. The molecule has 0 N–H and O–H groups in total. The van der Waals surface area contributed by atoms with Gasteiger partial charge in [0.15, 0.2) is 0 Å². The average molecular weight is 470 g/mol. The van der Waals surface area contributed by atoms with Crippen LogP contribution in [0, 0.1) is 0 Å². The fraction of sp³-hybridized carbons (Fsp3) is 0.167. The highest BCUT2D eigenvalue weighted by Crippen LogP contribution is 2.30. The molecule has 26 heavy (non-hydrogen) atoms. The molecule has 0 saturated carbocycles. The Morgan fingerprint density at radius 3 is 1.54 bits per heavy atom. The molecule has 3 aromatic carbocycles. The van der Waals surface area contributed by atoms with Crippen LogP contribution in [-0.4, -0.2) is 0 Å². The summed E-state index contributed by atoms with van der Waals surface area (Å²) in [7, 11) is 0. The number of benzene rings is 3. The topological polar surface area (TPSA) is 0 Å². The molecule has 0 aliphatic carbocycles. The summed E-state index contributed by atoms with van der Waals surface area (Å²) in [5.74, 6) is 0. The predicted molar refractivity (Wildman–Crippen MR) is 120 cm³/mol. The van der Waals surface area contributed by atoms with Crippen LogP contribution in [0.3, 0.4) is 0 Å². The molecule has 0 aliphatic rings. The van der Waals surface area contributed by atoms with Crippen LogP contribution in [0.4, 0.5) is 0 Å². The molecule has 0 fully saturated rings. The lowest BCUT2D eigenvalue weighted by molar-refractivity contribution is 0.590. The van der Waals surface area contributed by atoms with E-state index >= 15 is 0 Å². The summed E-state index contributed by atoms with van der Waals surface area (Å²) in [5, 5.41) is 0. The van der Waals surface area contributed by atoms with Gasteiger partial charge in [-0.25, -0.2) is 0 Å². The zero-order valence-electron chi connectivity index (χ0n) is 15.3. The predicted octanol–water partition coefficient (Wildman–Crippen LogP) is 8.10. The molecule has 0 saturated heterocycles. The molecule has 0 aromatic heterocycles. The van der Waals surface area contributed by atoms with Gasteiger partial charge in [0.05, 0.1) is 0 Å². The van der Waals surface area contributed by atoms with Gasteiger partial charge < -0.3 is 0 Å². The highest BCUT2D eigenvalue weighted by molar-refractivity contribution is 9.10. The first kappa shape index (κ1) is 19.1. The van der Waals surface area contributed by atoms with E-state index in [9.17, 15) is 0 Å². The van der Waals surface area contributed by atoms with Crippen LogP contribution in [-0.2, 0) is 5.41 Å². The fourth-order valence-electron chi connectivity index (χ4n) is 2.84. The van der Waals surface area contributed by atoms with Gasteiger partial charge >= 0.3 is 0 Å². The van der Waals surface area contributed by atoms with E-state index in [4.69, 9.17) is 0 Å². The van der Waals surface area contributed by atoms with Crippen molar-refractivity contribution >= 4 is 43.5 Å². The van der Waals surface area contributed by atoms with E-state index < -0.39 is 0 Å². The van der Waals surface area contributed by atoms with E-state index in [1.165, 1.54) is 27.8 Å². The van der Waals surface area contributed by atoms with Gasteiger partial charge in [-0.2, -0.15) is 0 Å². The average Bonchev–Trinajstić information content (AvgIpc) is 2.62.